The highest BCUT2D eigenvalue weighted by Gasteiger charge is 2.37. The van der Waals surface area contributed by atoms with Crippen LogP contribution in [-0.4, -0.2) is 37.7 Å². The molecule has 6 nitrogen and oxygen atoms in total. The van der Waals surface area contributed by atoms with Crippen LogP contribution in [0.15, 0.2) is 16.6 Å². The van der Waals surface area contributed by atoms with Gasteiger partial charge >= 0.3 is 16.2 Å². The molecule has 22 heavy (non-hydrogen) atoms. The molecule has 0 spiro atoms. The standard InChI is InChI=1S/C12H10BrF2NO5S/c13-7-1-2-8(14)11(10(7)12(18)19)16-4-6(3-9(16)17)5-22(15,20)21/h1-2,6H,3-5H2,(H,18,19). The van der Waals surface area contributed by atoms with Gasteiger partial charge in [-0.25, -0.2) is 9.18 Å². The molecule has 0 aromatic heterocycles. The number of amides is 1. The van der Waals surface area contributed by atoms with E-state index in [4.69, 9.17) is 0 Å². The number of anilines is 1. The molecule has 1 N–H and O–H groups in total. The van der Waals surface area contributed by atoms with E-state index in [-0.39, 0.29) is 17.4 Å². The molecule has 1 saturated heterocycles. The highest BCUT2D eigenvalue weighted by molar-refractivity contribution is 9.10. The highest BCUT2D eigenvalue weighted by Crippen LogP contribution is 2.35. The van der Waals surface area contributed by atoms with Gasteiger partial charge < -0.3 is 10.0 Å². The molecular formula is C12H10BrF2NO5S. The van der Waals surface area contributed by atoms with E-state index in [1.807, 2.05) is 0 Å². The molecule has 1 amide bonds. The number of carboxylic acids is 1. The zero-order valence-corrected chi connectivity index (χ0v) is 13.3. The van der Waals surface area contributed by atoms with E-state index in [0.29, 0.717) is 0 Å². The van der Waals surface area contributed by atoms with Gasteiger partial charge in [-0.2, -0.15) is 8.42 Å². The van der Waals surface area contributed by atoms with Crippen LogP contribution < -0.4 is 4.90 Å². The lowest BCUT2D eigenvalue weighted by Gasteiger charge is -2.20. The van der Waals surface area contributed by atoms with Gasteiger partial charge in [0, 0.05) is 23.4 Å². The van der Waals surface area contributed by atoms with Crippen LogP contribution in [0, 0.1) is 11.7 Å². The molecule has 10 heteroatoms. The topological polar surface area (TPSA) is 91.8 Å². The van der Waals surface area contributed by atoms with Crippen molar-refractivity contribution in [1.82, 2.24) is 0 Å². The minimum atomic E-state index is -4.78. The minimum absolute atomic E-state index is 0.0748. The lowest BCUT2D eigenvalue weighted by atomic mass is 10.1. The Labute approximate surface area is 133 Å². The Morgan fingerprint density at radius 1 is 1.45 bits per heavy atom. The van der Waals surface area contributed by atoms with Crippen molar-refractivity contribution in [3.63, 3.8) is 0 Å². The van der Waals surface area contributed by atoms with Gasteiger partial charge in [0.25, 0.3) is 0 Å². The van der Waals surface area contributed by atoms with Gasteiger partial charge in [-0.05, 0) is 28.1 Å². The van der Waals surface area contributed by atoms with Gasteiger partial charge in [-0.3, -0.25) is 4.79 Å². The second-order valence-corrected chi connectivity index (χ2v) is 7.10. The highest BCUT2D eigenvalue weighted by atomic mass is 79.9. The molecule has 1 aromatic carbocycles. The maximum Gasteiger partial charge on any atom is 0.339 e. The van der Waals surface area contributed by atoms with Crippen molar-refractivity contribution in [2.75, 3.05) is 17.2 Å². The number of aromatic carboxylic acids is 1. The largest absolute Gasteiger partial charge is 0.478 e. The van der Waals surface area contributed by atoms with Crippen molar-refractivity contribution in [3.05, 3.63) is 28.0 Å². The molecule has 1 aliphatic heterocycles. The smallest absolute Gasteiger partial charge is 0.339 e. The monoisotopic (exact) mass is 397 g/mol. The quantitative estimate of drug-likeness (QED) is 0.783. The lowest BCUT2D eigenvalue weighted by Crippen LogP contribution is -2.28. The first-order valence-electron chi connectivity index (χ1n) is 6.04. The van der Waals surface area contributed by atoms with E-state index >= 15 is 0 Å². The zero-order chi connectivity index (χ0) is 16.7. The van der Waals surface area contributed by atoms with E-state index in [2.05, 4.69) is 15.9 Å². The van der Waals surface area contributed by atoms with Gasteiger partial charge in [0.2, 0.25) is 5.91 Å². The summed E-state index contributed by atoms with van der Waals surface area (Å²) in [6.45, 7) is -0.268. The summed E-state index contributed by atoms with van der Waals surface area (Å²) < 4.78 is 48.1. The normalized spacial score (nSPS) is 18.8. The molecule has 0 bridgehead atoms. The Bertz CT molecular complexity index is 752. The van der Waals surface area contributed by atoms with Crippen molar-refractivity contribution in [3.8, 4) is 0 Å². The second-order valence-electron chi connectivity index (χ2n) is 4.84. The fraction of sp³-hybridized carbons (Fsp3) is 0.333. The summed E-state index contributed by atoms with van der Waals surface area (Å²) in [5.74, 6) is -4.77. The fourth-order valence-corrected chi connectivity index (χ4v) is 3.68. The van der Waals surface area contributed by atoms with E-state index in [1.54, 1.807) is 0 Å². The van der Waals surface area contributed by atoms with Crippen molar-refractivity contribution < 1.29 is 31.4 Å². The second kappa shape index (κ2) is 5.92. The van der Waals surface area contributed by atoms with Crippen LogP contribution in [0.25, 0.3) is 0 Å². The summed E-state index contributed by atoms with van der Waals surface area (Å²) in [7, 11) is -4.78. The molecule has 120 valence electrons. The van der Waals surface area contributed by atoms with Crippen LogP contribution in [0.3, 0.4) is 0 Å². The van der Waals surface area contributed by atoms with Crippen LogP contribution in [-0.2, 0) is 15.0 Å². The molecule has 0 saturated carbocycles. The van der Waals surface area contributed by atoms with Crippen LogP contribution >= 0.6 is 15.9 Å². The molecule has 1 aliphatic rings. The summed E-state index contributed by atoms with van der Waals surface area (Å²) in [6, 6.07) is 2.17. The number of hydrogen-bond donors (Lipinski definition) is 1. The van der Waals surface area contributed by atoms with E-state index in [9.17, 15) is 31.4 Å². The molecule has 0 radical (unpaired) electrons. The molecule has 1 heterocycles. The van der Waals surface area contributed by atoms with Gasteiger partial charge in [0.1, 0.15) is 11.4 Å². The molecular weight excluding hydrogens is 388 g/mol. The molecule has 1 atom stereocenters. The fourth-order valence-electron chi connectivity index (χ4n) is 2.40. The Kier molecular flexibility index (Phi) is 4.52. The molecule has 1 fully saturated rings. The van der Waals surface area contributed by atoms with Gasteiger partial charge in [0.15, 0.2) is 0 Å². The molecule has 1 unspecified atom stereocenters. The number of carbonyl (C=O) groups excluding carboxylic acids is 1. The number of rotatable bonds is 4. The Hall–Kier alpha value is -1.55. The van der Waals surface area contributed by atoms with Crippen LogP contribution in [0.5, 0.6) is 0 Å². The average molecular weight is 398 g/mol. The maximum atomic E-state index is 14.0. The van der Waals surface area contributed by atoms with Crippen LogP contribution in [0.1, 0.15) is 16.8 Å². The minimum Gasteiger partial charge on any atom is -0.478 e. The molecule has 0 aliphatic carbocycles. The number of carboxylic acid groups (broad SMARTS) is 1. The van der Waals surface area contributed by atoms with Crippen molar-refractivity contribution in [2.24, 2.45) is 5.92 Å². The molecule has 1 aromatic rings. The summed E-state index contributed by atoms with van der Waals surface area (Å²) >= 11 is 2.97. The summed E-state index contributed by atoms with van der Waals surface area (Å²) in [4.78, 5) is 24.1. The first-order chi connectivity index (χ1) is 10.1. The van der Waals surface area contributed by atoms with Crippen molar-refractivity contribution in [2.45, 2.75) is 6.42 Å². The van der Waals surface area contributed by atoms with Gasteiger partial charge in [-0.15, -0.1) is 3.89 Å². The summed E-state index contributed by atoms with van der Waals surface area (Å²) in [5.41, 5.74) is -0.900. The van der Waals surface area contributed by atoms with Crippen molar-refractivity contribution in [1.29, 1.82) is 0 Å². The summed E-state index contributed by atoms with van der Waals surface area (Å²) in [6.07, 6.45) is -0.297. The van der Waals surface area contributed by atoms with E-state index in [0.717, 1.165) is 11.0 Å². The third kappa shape index (κ3) is 3.43. The predicted octanol–water partition coefficient (Wildman–Crippen LogP) is 1.94. The first kappa shape index (κ1) is 16.8. The number of hydrogen-bond acceptors (Lipinski definition) is 4. The van der Waals surface area contributed by atoms with Gasteiger partial charge in [-0.1, -0.05) is 0 Å². The van der Waals surface area contributed by atoms with E-state index < -0.39 is 50.8 Å². The zero-order valence-electron chi connectivity index (χ0n) is 10.9. The first-order valence-corrected chi connectivity index (χ1v) is 8.38. The van der Waals surface area contributed by atoms with Gasteiger partial charge in [0.05, 0.1) is 11.4 Å². The number of carbonyl (C=O) groups is 2. The molecule has 2 rings (SSSR count). The van der Waals surface area contributed by atoms with Crippen LogP contribution in [0.2, 0.25) is 0 Å². The van der Waals surface area contributed by atoms with Crippen LogP contribution in [0.4, 0.5) is 14.0 Å². The third-order valence-electron chi connectivity index (χ3n) is 3.20. The predicted molar refractivity (Wildman–Crippen MR) is 76.4 cm³/mol. The summed E-state index contributed by atoms with van der Waals surface area (Å²) in [5, 5.41) is 9.18. The SMILES string of the molecule is O=C(O)c1c(Br)ccc(F)c1N1CC(CS(=O)(=O)F)CC1=O. The third-order valence-corrected chi connectivity index (χ3v) is 4.73. The number of halogens is 3. The average Bonchev–Trinajstić information content (AvgIpc) is 2.69. The number of nitrogens with zero attached hydrogens (tertiary/aromatic N) is 1. The number of benzene rings is 1. The Morgan fingerprint density at radius 3 is 2.64 bits per heavy atom. The van der Waals surface area contributed by atoms with E-state index in [1.165, 1.54) is 6.07 Å². The Balaban J connectivity index is 2.43. The lowest BCUT2D eigenvalue weighted by molar-refractivity contribution is -0.117. The van der Waals surface area contributed by atoms with Crippen molar-refractivity contribution >= 4 is 43.7 Å². The maximum absolute atomic E-state index is 14.0. The Morgan fingerprint density at radius 2 is 2.09 bits per heavy atom.